The molecule has 0 rings (SSSR count). The number of hydrogen-bond acceptors (Lipinski definition) is 3. The fraction of sp³-hybridized carbons (Fsp3) is 0.600. The van der Waals surface area contributed by atoms with Crippen molar-refractivity contribution < 1.29 is 4.79 Å². The summed E-state index contributed by atoms with van der Waals surface area (Å²) in [5, 5.41) is 7.84. The molecule has 0 aromatic heterocycles. The van der Waals surface area contributed by atoms with E-state index in [9.17, 15) is 4.79 Å². The van der Waals surface area contributed by atoms with Crippen molar-refractivity contribution in [3.8, 4) is 0 Å². The molecular formula is C10H17NOS. The van der Waals surface area contributed by atoms with E-state index in [2.05, 4.69) is 0 Å². The van der Waals surface area contributed by atoms with E-state index in [4.69, 9.17) is 5.41 Å². The molecule has 0 heterocycles. The third-order valence-electron chi connectivity index (χ3n) is 1.41. The predicted octanol–water partition coefficient (Wildman–Crippen LogP) is 3.03. The predicted molar refractivity (Wildman–Crippen MR) is 59.5 cm³/mol. The first-order valence-corrected chi connectivity index (χ1v) is 5.44. The van der Waals surface area contributed by atoms with Crippen molar-refractivity contribution in [2.75, 3.05) is 5.75 Å². The Balaban J connectivity index is 3.20. The lowest BCUT2D eigenvalue weighted by molar-refractivity contribution is -0.116. The molecule has 0 aromatic rings. The van der Waals surface area contributed by atoms with Gasteiger partial charge in [-0.2, -0.15) is 0 Å². The molecule has 0 aliphatic carbocycles. The molecule has 0 amide bonds. The van der Waals surface area contributed by atoms with Gasteiger partial charge in [-0.3, -0.25) is 10.2 Å². The highest BCUT2D eigenvalue weighted by Gasteiger charge is 1.89. The monoisotopic (exact) mass is 199 g/mol. The van der Waals surface area contributed by atoms with Crippen molar-refractivity contribution in [3.63, 3.8) is 0 Å². The maximum atomic E-state index is 10.5. The van der Waals surface area contributed by atoms with Crippen LogP contribution in [0.2, 0.25) is 0 Å². The van der Waals surface area contributed by atoms with Gasteiger partial charge in [0.25, 0.3) is 0 Å². The Morgan fingerprint density at radius 2 is 2.08 bits per heavy atom. The van der Waals surface area contributed by atoms with Crippen LogP contribution in [0.1, 0.15) is 33.1 Å². The smallest absolute Gasteiger partial charge is 0.133 e. The van der Waals surface area contributed by atoms with Gasteiger partial charge in [-0.25, -0.2) is 0 Å². The summed E-state index contributed by atoms with van der Waals surface area (Å²) < 4.78 is 0. The first kappa shape index (κ1) is 12.4. The molecule has 0 aromatic carbocycles. The van der Waals surface area contributed by atoms with Gasteiger partial charge in [0.15, 0.2) is 0 Å². The maximum Gasteiger partial charge on any atom is 0.133 e. The minimum absolute atomic E-state index is 0.209. The number of hydrogen-bond donors (Lipinski definition) is 1. The van der Waals surface area contributed by atoms with E-state index in [1.54, 1.807) is 25.6 Å². The molecule has 0 saturated carbocycles. The number of nitrogens with one attached hydrogen (secondary N) is 1. The minimum atomic E-state index is 0.209. The van der Waals surface area contributed by atoms with Crippen molar-refractivity contribution in [1.82, 2.24) is 0 Å². The standard InChI is InChI=1S/C10H17NOS/c1-9(12)7-5-3-4-6-8-13-10(2)11/h3,5,11H,4,6-8H2,1-2H3/b5-3+,11-10?. The average Bonchev–Trinajstić information content (AvgIpc) is 2.01. The highest BCUT2D eigenvalue weighted by atomic mass is 32.2. The number of carbonyl (C=O) groups is 1. The second kappa shape index (κ2) is 8.05. The van der Waals surface area contributed by atoms with Crippen LogP contribution in [0, 0.1) is 5.41 Å². The van der Waals surface area contributed by atoms with Gasteiger partial charge in [0, 0.05) is 6.42 Å². The molecule has 2 nitrogen and oxygen atoms in total. The lowest BCUT2D eigenvalue weighted by Gasteiger charge is -1.95. The van der Waals surface area contributed by atoms with Gasteiger partial charge in [-0.05, 0) is 32.4 Å². The summed E-state index contributed by atoms with van der Waals surface area (Å²) >= 11 is 1.58. The Labute approximate surface area is 84.3 Å². The van der Waals surface area contributed by atoms with Gasteiger partial charge in [0.1, 0.15) is 5.78 Å². The summed E-state index contributed by atoms with van der Waals surface area (Å²) in [6, 6.07) is 0. The maximum absolute atomic E-state index is 10.5. The number of thioether (sulfide) groups is 1. The van der Waals surface area contributed by atoms with Crippen LogP contribution in [-0.4, -0.2) is 16.6 Å². The Kier molecular flexibility index (Phi) is 7.69. The molecule has 13 heavy (non-hydrogen) atoms. The Morgan fingerprint density at radius 1 is 1.38 bits per heavy atom. The topological polar surface area (TPSA) is 40.9 Å². The van der Waals surface area contributed by atoms with E-state index in [1.165, 1.54) is 0 Å². The third-order valence-corrected chi connectivity index (χ3v) is 2.33. The van der Waals surface area contributed by atoms with E-state index >= 15 is 0 Å². The summed E-state index contributed by atoms with van der Waals surface area (Å²) in [5.74, 6) is 1.21. The molecule has 0 fully saturated rings. The fourth-order valence-corrected chi connectivity index (χ4v) is 1.41. The second-order valence-electron chi connectivity index (χ2n) is 2.92. The Bertz CT molecular complexity index is 199. The van der Waals surface area contributed by atoms with Crippen LogP contribution in [-0.2, 0) is 4.79 Å². The molecule has 0 atom stereocenters. The lowest BCUT2D eigenvalue weighted by Crippen LogP contribution is -1.85. The van der Waals surface area contributed by atoms with Gasteiger partial charge in [-0.1, -0.05) is 12.2 Å². The molecular weight excluding hydrogens is 182 g/mol. The summed E-state index contributed by atoms with van der Waals surface area (Å²) in [4.78, 5) is 10.5. The lowest BCUT2D eigenvalue weighted by atomic mass is 10.2. The molecule has 1 N–H and O–H groups in total. The van der Waals surface area contributed by atoms with Crippen LogP contribution in [0.4, 0.5) is 0 Å². The summed E-state index contributed by atoms with van der Waals surface area (Å²) in [6.45, 7) is 3.40. The first-order valence-electron chi connectivity index (χ1n) is 4.45. The van der Waals surface area contributed by atoms with Crippen LogP contribution < -0.4 is 0 Å². The van der Waals surface area contributed by atoms with E-state index in [0.29, 0.717) is 11.5 Å². The quantitative estimate of drug-likeness (QED) is 0.309. The second-order valence-corrected chi connectivity index (χ2v) is 4.23. The molecule has 0 saturated heterocycles. The van der Waals surface area contributed by atoms with E-state index in [0.717, 1.165) is 18.6 Å². The van der Waals surface area contributed by atoms with Gasteiger partial charge >= 0.3 is 0 Å². The van der Waals surface area contributed by atoms with Crippen molar-refractivity contribution in [2.24, 2.45) is 0 Å². The Morgan fingerprint density at radius 3 is 2.62 bits per heavy atom. The molecule has 0 bridgehead atoms. The minimum Gasteiger partial charge on any atom is -0.300 e. The zero-order valence-electron chi connectivity index (χ0n) is 8.30. The molecule has 0 aliphatic rings. The molecule has 0 unspecified atom stereocenters. The number of ketones is 1. The van der Waals surface area contributed by atoms with E-state index in [-0.39, 0.29) is 5.78 Å². The van der Waals surface area contributed by atoms with Crippen molar-refractivity contribution >= 4 is 22.6 Å². The van der Waals surface area contributed by atoms with Crippen molar-refractivity contribution in [2.45, 2.75) is 33.1 Å². The van der Waals surface area contributed by atoms with Crippen LogP contribution >= 0.6 is 11.8 Å². The summed E-state index contributed by atoms with van der Waals surface area (Å²) in [6.07, 6.45) is 6.60. The third kappa shape index (κ3) is 11.4. The van der Waals surface area contributed by atoms with Crippen LogP contribution in [0.3, 0.4) is 0 Å². The van der Waals surface area contributed by atoms with Gasteiger partial charge < -0.3 is 0 Å². The Hall–Kier alpha value is -0.570. The zero-order valence-corrected chi connectivity index (χ0v) is 9.12. The average molecular weight is 199 g/mol. The summed E-state index contributed by atoms with van der Waals surface area (Å²) in [5.41, 5.74) is 0. The van der Waals surface area contributed by atoms with Crippen molar-refractivity contribution in [1.29, 1.82) is 5.41 Å². The van der Waals surface area contributed by atoms with Crippen LogP contribution in [0.25, 0.3) is 0 Å². The molecule has 3 heteroatoms. The molecule has 0 radical (unpaired) electrons. The van der Waals surface area contributed by atoms with Crippen LogP contribution in [0.15, 0.2) is 12.2 Å². The number of rotatable bonds is 6. The SMILES string of the molecule is CC(=N)SCCC/C=C/CC(C)=O. The van der Waals surface area contributed by atoms with Gasteiger partial charge in [0.2, 0.25) is 0 Å². The summed E-state index contributed by atoms with van der Waals surface area (Å²) in [7, 11) is 0. The highest BCUT2D eigenvalue weighted by molar-refractivity contribution is 8.13. The largest absolute Gasteiger partial charge is 0.300 e. The normalized spacial score (nSPS) is 10.6. The molecule has 74 valence electrons. The van der Waals surface area contributed by atoms with E-state index in [1.807, 2.05) is 12.2 Å². The van der Waals surface area contributed by atoms with Crippen LogP contribution in [0.5, 0.6) is 0 Å². The molecule has 0 aliphatic heterocycles. The van der Waals surface area contributed by atoms with Crippen molar-refractivity contribution in [3.05, 3.63) is 12.2 Å². The number of allylic oxidation sites excluding steroid dienone is 2. The zero-order chi connectivity index (χ0) is 10.1. The number of Topliss-reactive ketones (excluding diaryl/α,β-unsaturated/α-hetero) is 1. The van der Waals surface area contributed by atoms with E-state index < -0.39 is 0 Å². The fourth-order valence-electron chi connectivity index (χ4n) is 0.794. The van der Waals surface area contributed by atoms with Gasteiger partial charge in [-0.15, -0.1) is 11.8 Å². The molecule has 0 spiro atoms. The first-order chi connectivity index (χ1) is 6.13. The number of carbonyl (C=O) groups excluding carboxylic acids is 1. The highest BCUT2D eigenvalue weighted by Crippen LogP contribution is 2.05. The van der Waals surface area contributed by atoms with Gasteiger partial charge in [0.05, 0.1) is 5.04 Å². The number of unbranched alkanes of at least 4 members (excludes halogenated alkanes) is 1.